The molecule has 0 bridgehead atoms. The molecule has 2 N–H and O–H groups in total. The van der Waals surface area contributed by atoms with Gasteiger partial charge in [0.05, 0.1) is 5.75 Å². The van der Waals surface area contributed by atoms with Crippen LogP contribution in [0.4, 0.5) is 18.9 Å². The Labute approximate surface area is 159 Å². The SMILES string of the molecule is Cc1cccc(CSCC(=O)Nc2cccc(C(=O)NCC(F)(F)F)c2)c1. The lowest BCUT2D eigenvalue weighted by Gasteiger charge is -2.10. The van der Waals surface area contributed by atoms with Gasteiger partial charge < -0.3 is 10.6 Å². The molecule has 0 aliphatic carbocycles. The molecule has 4 nitrogen and oxygen atoms in total. The van der Waals surface area contributed by atoms with Gasteiger partial charge in [0.1, 0.15) is 6.54 Å². The number of anilines is 1. The molecule has 0 radical (unpaired) electrons. The molecule has 0 atom stereocenters. The van der Waals surface area contributed by atoms with Crippen molar-refractivity contribution in [2.75, 3.05) is 17.6 Å². The lowest BCUT2D eigenvalue weighted by Crippen LogP contribution is -2.33. The zero-order chi connectivity index (χ0) is 19.9. The Hall–Kier alpha value is -2.48. The molecule has 0 saturated carbocycles. The van der Waals surface area contributed by atoms with Crippen LogP contribution in [0.15, 0.2) is 48.5 Å². The van der Waals surface area contributed by atoms with Crippen LogP contribution in [0, 0.1) is 6.92 Å². The highest BCUT2D eigenvalue weighted by molar-refractivity contribution is 7.99. The van der Waals surface area contributed by atoms with Crippen molar-refractivity contribution in [3.63, 3.8) is 0 Å². The summed E-state index contributed by atoms with van der Waals surface area (Å²) in [6, 6.07) is 13.8. The molecule has 0 aliphatic heterocycles. The standard InChI is InChI=1S/C19H19F3N2O2S/c1-13-4-2-5-14(8-13)10-27-11-17(25)24-16-7-3-6-15(9-16)18(26)23-12-19(20,21)22/h2-9H,10-12H2,1H3,(H,23,26)(H,24,25). The van der Waals surface area contributed by atoms with E-state index in [1.54, 1.807) is 11.4 Å². The van der Waals surface area contributed by atoms with Crippen LogP contribution in [0.2, 0.25) is 0 Å². The third-order valence-corrected chi connectivity index (χ3v) is 4.45. The predicted octanol–water partition coefficient (Wildman–Crippen LogP) is 4.16. The largest absolute Gasteiger partial charge is 0.405 e. The maximum Gasteiger partial charge on any atom is 0.405 e. The summed E-state index contributed by atoms with van der Waals surface area (Å²) >= 11 is 1.45. The highest BCUT2D eigenvalue weighted by Gasteiger charge is 2.27. The van der Waals surface area contributed by atoms with Crippen LogP contribution in [-0.4, -0.2) is 30.3 Å². The average molecular weight is 396 g/mol. The number of rotatable bonds is 7. The van der Waals surface area contributed by atoms with Crippen LogP contribution >= 0.6 is 11.8 Å². The fourth-order valence-corrected chi connectivity index (χ4v) is 3.06. The fraction of sp³-hybridized carbons (Fsp3) is 0.263. The van der Waals surface area contributed by atoms with Gasteiger partial charge in [0, 0.05) is 17.0 Å². The number of benzene rings is 2. The number of amides is 2. The zero-order valence-corrected chi connectivity index (χ0v) is 15.4. The molecule has 0 aliphatic rings. The number of hydrogen-bond donors (Lipinski definition) is 2. The number of alkyl halides is 3. The van der Waals surface area contributed by atoms with Crippen molar-refractivity contribution in [1.82, 2.24) is 5.32 Å². The minimum atomic E-state index is -4.48. The van der Waals surface area contributed by atoms with E-state index in [2.05, 4.69) is 5.32 Å². The molecular weight excluding hydrogens is 377 g/mol. The van der Waals surface area contributed by atoms with E-state index in [0.717, 1.165) is 11.1 Å². The summed E-state index contributed by atoms with van der Waals surface area (Å²) in [6.07, 6.45) is -4.48. The van der Waals surface area contributed by atoms with Gasteiger partial charge in [-0.15, -0.1) is 11.8 Å². The Morgan fingerprint density at radius 2 is 1.81 bits per heavy atom. The minimum Gasteiger partial charge on any atom is -0.343 e. The quantitative estimate of drug-likeness (QED) is 0.739. The molecule has 2 rings (SSSR count). The number of carbonyl (C=O) groups excluding carboxylic acids is 2. The predicted molar refractivity (Wildman–Crippen MR) is 101 cm³/mol. The molecule has 8 heteroatoms. The molecule has 0 spiro atoms. The number of aryl methyl sites for hydroxylation is 1. The van der Waals surface area contributed by atoms with Gasteiger partial charge in [-0.2, -0.15) is 13.2 Å². The van der Waals surface area contributed by atoms with Crippen molar-refractivity contribution in [2.45, 2.75) is 18.9 Å². The van der Waals surface area contributed by atoms with E-state index in [0.29, 0.717) is 11.4 Å². The van der Waals surface area contributed by atoms with E-state index in [-0.39, 0.29) is 17.2 Å². The molecule has 0 saturated heterocycles. The molecule has 144 valence electrons. The summed E-state index contributed by atoms with van der Waals surface area (Å²) < 4.78 is 36.5. The third-order valence-electron chi connectivity index (χ3n) is 3.44. The first kappa shape index (κ1) is 20.8. The second kappa shape index (κ2) is 9.45. The van der Waals surface area contributed by atoms with Gasteiger partial charge in [0.25, 0.3) is 5.91 Å². The van der Waals surface area contributed by atoms with Crippen molar-refractivity contribution >= 4 is 29.3 Å². The Kier molecular flexibility index (Phi) is 7.29. The van der Waals surface area contributed by atoms with Crippen LogP contribution in [0.5, 0.6) is 0 Å². The Morgan fingerprint density at radius 3 is 2.52 bits per heavy atom. The van der Waals surface area contributed by atoms with Gasteiger partial charge in [-0.25, -0.2) is 0 Å². The molecule has 0 fully saturated rings. The first-order valence-electron chi connectivity index (χ1n) is 8.11. The van der Waals surface area contributed by atoms with Gasteiger partial charge >= 0.3 is 6.18 Å². The third kappa shape index (κ3) is 7.74. The summed E-state index contributed by atoms with van der Waals surface area (Å²) in [4.78, 5) is 23.8. The lowest BCUT2D eigenvalue weighted by molar-refractivity contribution is -0.123. The maximum absolute atomic E-state index is 12.2. The Balaban J connectivity index is 1.84. The monoisotopic (exact) mass is 396 g/mol. The maximum atomic E-state index is 12.2. The van der Waals surface area contributed by atoms with Crippen LogP contribution in [-0.2, 0) is 10.5 Å². The Bertz CT molecular complexity index is 810. The second-order valence-electron chi connectivity index (χ2n) is 5.91. The summed E-state index contributed by atoms with van der Waals surface area (Å²) in [5, 5.41) is 4.44. The van der Waals surface area contributed by atoms with Gasteiger partial charge in [-0.3, -0.25) is 9.59 Å². The van der Waals surface area contributed by atoms with Gasteiger partial charge in [-0.05, 0) is 30.7 Å². The zero-order valence-electron chi connectivity index (χ0n) is 14.6. The molecule has 27 heavy (non-hydrogen) atoms. The minimum absolute atomic E-state index is 0.0458. The molecule has 2 amide bonds. The van der Waals surface area contributed by atoms with Gasteiger partial charge in [0.2, 0.25) is 5.91 Å². The van der Waals surface area contributed by atoms with E-state index in [1.807, 2.05) is 31.2 Å². The highest BCUT2D eigenvalue weighted by Crippen LogP contribution is 2.16. The molecule has 2 aromatic carbocycles. The first-order chi connectivity index (χ1) is 12.7. The molecule has 2 aromatic rings. The van der Waals surface area contributed by atoms with Crippen LogP contribution in [0.1, 0.15) is 21.5 Å². The van der Waals surface area contributed by atoms with Gasteiger partial charge in [0.15, 0.2) is 0 Å². The van der Waals surface area contributed by atoms with Crippen LogP contribution in [0.25, 0.3) is 0 Å². The van der Waals surface area contributed by atoms with E-state index in [4.69, 9.17) is 0 Å². The molecular formula is C19H19F3N2O2S. The molecule has 0 aromatic heterocycles. The number of hydrogen-bond acceptors (Lipinski definition) is 3. The van der Waals surface area contributed by atoms with E-state index in [1.165, 1.54) is 30.0 Å². The van der Waals surface area contributed by atoms with Crippen LogP contribution in [0.3, 0.4) is 0 Å². The van der Waals surface area contributed by atoms with Crippen molar-refractivity contribution in [2.24, 2.45) is 0 Å². The molecule has 0 heterocycles. The summed E-state index contributed by atoms with van der Waals surface area (Å²) in [5.74, 6) is -0.189. The topological polar surface area (TPSA) is 58.2 Å². The van der Waals surface area contributed by atoms with Crippen LogP contribution < -0.4 is 10.6 Å². The second-order valence-corrected chi connectivity index (χ2v) is 6.89. The average Bonchev–Trinajstić information content (AvgIpc) is 2.59. The Morgan fingerprint density at radius 1 is 1.07 bits per heavy atom. The number of thioether (sulfide) groups is 1. The number of nitrogens with one attached hydrogen (secondary N) is 2. The lowest BCUT2D eigenvalue weighted by atomic mass is 10.2. The summed E-state index contributed by atoms with van der Waals surface area (Å²) in [6.45, 7) is 0.594. The van der Waals surface area contributed by atoms with Crippen molar-refractivity contribution in [3.05, 3.63) is 65.2 Å². The molecule has 0 unspecified atom stereocenters. The summed E-state index contributed by atoms with van der Waals surface area (Å²) in [5.41, 5.74) is 2.68. The van der Waals surface area contributed by atoms with E-state index < -0.39 is 18.6 Å². The number of carbonyl (C=O) groups is 2. The van der Waals surface area contributed by atoms with Crippen molar-refractivity contribution in [1.29, 1.82) is 0 Å². The highest BCUT2D eigenvalue weighted by atomic mass is 32.2. The fourth-order valence-electron chi connectivity index (χ4n) is 2.28. The smallest absolute Gasteiger partial charge is 0.343 e. The first-order valence-corrected chi connectivity index (χ1v) is 9.26. The van der Waals surface area contributed by atoms with Crippen molar-refractivity contribution < 1.29 is 22.8 Å². The number of halogens is 3. The van der Waals surface area contributed by atoms with E-state index in [9.17, 15) is 22.8 Å². The van der Waals surface area contributed by atoms with E-state index >= 15 is 0 Å². The van der Waals surface area contributed by atoms with Gasteiger partial charge in [-0.1, -0.05) is 35.9 Å². The summed E-state index contributed by atoms with van der Waals surface area (Å²) in [7, 11) is 0. The normalized spacial score (nSPS) is 11.1. The van der Waals surface area contributed by atoms with Crippen molar-refractivity contribution in [3.8, 4) is 0 Å².